The SMILES string of the molecule is COc1c(C2CCC2)ccc(OB(O)O)c1F. The van der Waals surface area contributed by atoms with Crippen molar-refractivity contribution in [3.8, 4) is 11.5 Å². The Morgan fingerprint density at radius 1 is 1.35 bits per heavy atom. The Morgan fingerprint density at radius 2 is 2.06 bits per heavy atom. The Balaban J connectivity index is 2.33. The van der Waals surface area contributed by atoms with Crippen LogP contribution in [0, 0.1) is 5.82 Å². The summed E-state index contributed by atoms with van der Waals surface area (Å²) in [7, 11) is -0.650. The second kappa shape index (κ2) is 4.93. The quantitative estimate of drug-likeness (QED) is 0.782. The lowest BCUT2D eigenvalue weighted by Gasteiger charge is -2.27. The molecule has 2 N–H and O–H groups in total. The summed E-state index contributed by atoms with van der Waals surface area (Å²) in [5.74, 6) is -0.453. The molecule has 0 bridgehead atoms. The predicted octanol–water partition coefficient (Wildman–Crippen LogP) is 1.45. The van der Waals surface area contributed by atoms with Gasteiger partial charge in [0, 0.05) is 5.56 Å². The van der Waals surface area contributed by atoms with Gasteiger partial charge >= 0.3 is 7.32 Å². The zero-order valence-corrected chi connectivity index (χ0v) is 9.52. The van der Waals surface area contributed by atoms with Crippen LogP contribution in [0.4, 0.5) is 4.39 Å². The van der Waals surface area contributed by atoms with E-state index in [4.69, 9.17) is 14.8 Å². The second-order valence-electron chi connectivity index (χ2n) is 4.07. The van der Waals surface area contributed by atoms with E-state index in [1.54, 1.807) is 6.07 Å². The maximum atomic E-state index is 13.9. The standard InChI is InChI=1S/C11H14BFO4/c1-16-11-8(7-3-2-4-7)5-6-9(10(11)13)17-12(14)15/h5-7,14-15H,2-4H2,1H3. The van der Waals surface area contributed by atoms with Gasteiger partial charge in [-0.05, 0) is 24.8 Å². The van der Waals surface area contributed by atoms with Gasteiger partial charge in [0.1, 0.15) is 5.75 Å². The highest BCUT2D eigenvalue weighted by atomic mass is 19.1. The number of halogens is 1. The van der Waals surface area contributed by atoms with Crippen molar-refractivity contribution < 1.29 is 23.8 Å². The molecule has 1 fully saturated rings. The van der Waals surface area contributed by atoms with Crippen LogP contribution in [0.2, 0.25) is 0 Å². The van der Waals surface area contributed by atoms with Gasteiger partial charge in [0.2, 0.25) is 5.82 Å². The van der Waals surface area contributed by atoms with E-state index in [2.05, 4.69) is 4.65 Å². The zero-order valence-electron chi connectivity index (χ0n) is 9.52. The van der Waals surface area contributed by atoms with Crippen LogP contribution in [0.1, 0.15) is 30.7 Å². The Kier molecular flexibility index (Phi) is 3.54. The molecule has 0 saturated heterocycles. The molecule has 92 valence electrons. The highest BCUT2D eigenvalue weighted by molar-refractivity contribution is 6.33. The molecule has 0 radical (unpaired) electrons. The number of ether oxygens (including phenoxy) is 1. The third-order valence-electron chi connectivity index (χ3n) is 3.07. The van der Waals surface area contributed by atoms with E-state index in [0.29, 0.717) is 5.92 Å². The van der Waals surface area contributed by atoms with Crippen molar-refractivity contribution >= 4 is 7.32 Å². The summed E-state index contributed by atoms with van der Waals surface area (Å²) in [6.07, 6.45) is 3.19. The zero-order chi connectivity index (χ0) is 12.4. The molecule has 0 unspecified atom stereocenters. The first-order chi connectivity index (χ1) is 8.13. The lowest BCUT2D eigenvalue weighted by Crippen LogP contribution is -2.21. The van der Waals surface area contributed by atoms with Gasteiger partial charge < -0.3 is 19.4 Å². The average Bonchev–Trinajstić information content (AvgIpc) is 2.19. The molecule has 17 heavy (non-hydrogen) atoms. The average molecular weight is 240 g/mol. The molecule has 1 saturated carbocycles. The van der Waals surface area contributed by atoms with Crippen molar-refractivity contribution in [3.05, 3.63) is 23.5 Å². The third kappa shape index (κ3) is 2.37. The molecule has 1 aliphatic rings. The molecule has 4 nitrogen and oxygen atoms in total. The topological polar surface area (TPSA) is 58.9 Å². The van der Waals surface area contributed by atoms with Gasteiger partial charge in [-0.25, -0.2) is 0 Å². The smallest absolute Gasteiger partial charge is 0.509 e. The van der Waals surface area contributed by atoms with E-state index >= 15 is 0 Å². The molecule has 0 spiro atoms. The van der Waals surface area contributed by atoms with Crippen LogP contribution in [0.15, 0.2) is 12.1 Å². The minimum absolute atomic E-state index is 0.132. The van der Waals surface area contributed by atoms with Crippen LogP contribution in [0.5, 0.6) is 11.5 Å². The number of hydrogen-bond acceptors (Lipinski definition) is 4. The van der Waals surface area contributed by atoms with Crippen LogP contribution >= 0.6 is 0 Å². The number of rotatable bonds is 4. The molecule has 0 heterocycles. The highest BCUT2D eigenvalue weighted by Crippen LogP contribution is 2.43. The molecule has 6 heteroatoms. The van der Waals surface area contributed by atoms with Crippen LogP contribution in [0.25, 0.3) is 0 Å². The number of methoxy groups -OCH3 is 1. The summed E-state index contributed by atoms with van der Waals surface area (Å²) in [6.45, 7) is 0. The lowest BCUT2D eigenvalue weighted by atomic mass is 9.79. The summed E-state index contributed by atoms with van der Waals surface area (Å²) in [6, 6.07) is 3.11. The van der Waals surface area contributed by atoms with Crippen molar-refractivity contribution in [1.29, 1.82) is 0 Å². The molecule has 1 aromatic rings. The van der Waals surface area contributed by atoms with Gasteiger partial charge in [-0.15, -0.1) is 0 Å². The van der Waals surface area contributed by atoms with Crippen molar-refractivity contribution in [2.45, 2.75) is 25.2 Å². The summed E-state index contributed by atoms with van der Waals surface area (Å²) in [4.78, 5) is 0. The summed E-state index contributed by atoms with van der Waals surface area (Å²) in [5.41, 5.74) is 0.816. The van der Waals surface area contributed by atoms with Crippen molar-refractivity contribution in [2.24, 2.45) is 0 Å². The van der Waals surface area contributed by atoms with E-state index in [1.165, 1.54) is 13.2 Å². The third-order valence-corrected chi connectivity index (χ3v) is 3.07. The largest absolute Gasteiger partial charge is 0.707 e. The van der Waals surface area contributed by atoms with Crippen LogP contribution in [-0.2, 0) is 0 Å². The predicted molar refractivity (Wildman–Crippen MR) is 60.4 cm³/mol. The summed E-state index contributed by atoms with van der Waals surface area (Å²) in [5, 5.41) is 17.3. The van der Waals surface area contributed by atoms with Gasteiger partial charge in [-0.3, -0.25) is 0 Å². The second-order valence-corrected chi connectivity index (χ2v) is 4.07. The van der Waals surface area contributed by atoms with E-state index in [9.17, 15) is 4.39 Å². The van der Waals surface area contributed by atoms with Crippen LogP contribution in [-0.4, -0.2) is 24.5 Å². The van der Waals surface area contributed by atoms with Gasteiger partial charge in [0.15, 0.2) is 5.75 Å². The molecular weight excluding hydrogens is 226 g/mol. The normalized spacial score (nSPS) is 15.3. The Morgan fingerprint density at radius 3 is 2.53 bits per heavy atom. The summed E-state index contributed by atoms with van der Waals surface area (Å²) < 4.78 is 23.5. The molecule has 2 rings (SSSR count). The fourth-order valence-corrected chi connectivity index (χ4v) is 2.01. The molecular formula is C11H14BFO4. The van der Waals surface area contributed by atoms with Gasteiger partial charge in [-0.2, -0.15) is 4.39 Å². The van der Waals surface area contributed by atoms with E-state index in [-0.39, 0.29) is 11.5 Å². The van der Waals surface area contributed by atoms with Gasteiger partial charge in [0.05, 0.1) is 7.11 Å². The van der Waals surface area contributed by atoms with Crippen molar-refractivity contribution in [1.82, 2.24) is 0 Å². The first kappa shape index (κ1) is 12.2. The maximum absolute atomic E-state index is 13.9. The number of hydrogen-bond donors (Lipinski definition) is 2. The van der Waals surface area contributed by atoms with Crippen LogP contribution in [0.3, 0.4) is 0 Å². The molecule has 0 atom stereocenters. The van der Waals surface area contributed by atoms with Crippen molar-refractivity contribution in [2.75, 3.05) is 7.11 Å². The highest BCUT2D eigenvalue weighted by Gasteiger charge is 2.27. The molecule has 0 aliphatic heterocycles. The fraction of sp³-hybridized carbons (Fsp3) is 0.455. The minimum atomic E-state index is -2.04. The summed E-state index contributed by atoms with van der Waals surface area (Å²) >= 11 is 0. The Bertz CT molecular complexity index is 407. The fourth-order valence-electron chi connectivity index (χ4n) is 2.01. The van der Waals surface area contributed by atoms with E-state index in [0.717, 1.165) is 24.8 Å². The van der Waals surface area contributed by atoms with Gasteiger partial charge in [-0.1, -0.05) is 12.5 Å². The van der Waals surface area contributed by atoms with Crippen LogP contribution < -0.4 is 9.39 Å². The maximum Gasteiger partial charge on any atom is 0.707 e. The monoisotopic (exact) mass is 240 g/mol. The molecule has 1 aromatic carbocycles. The number of benzene rings is 1. The molecule has 0 amide bonds. The van der Waals surface area contributed by atoms with E-state index in [1.807, 2.05) is 0 Å². The minimum Gasteiger partial charge on any atom is -0.509 e. The van der Waals surface area contributed by atoms with Crippen molar-refractivity contribution in [3.63, 3.8) is 0 Å². The molecule has 1 aliphatic carbocycles. The molecule has 0 aromatic heterocycles. The Labute approximate surface area is 99.2 Å². The lowest BCUT2D eigenvalue weighted by molar-refractivity contribution is 0.277. The van der Waals surface area contributed by atoms with Gasteiger partial charge in [0.25, 0.3) is 0 Å². The Hall–Kier alpha value is -1.27. The van der Waals surface area contributed by atoms with E-state index < -0.39 is 13.1 Å². The first-order valence-corrected chi connectivity index (χ1v) is 5.52. The first-order valence-electron chi connectivity index (χ1n) is 5.52.